The van der Waals surface area contributed by atoms with Gasteiger partial charge in [-0.1, -0.05) is 37.4 Å². The molecule has 2 rings (SSSR count). The van der Waals surface area contributed by atoms with Gasteiger partial charge in [-0.05, 0) is 35.4 Å². The first kappa shape index (κ1) is 25.2. The zero-order chi connectivity index (χ0) is 23.3. The average molecular weight is 473 g/mol. The Hall–Kier alpha value is -3.10. The first-order valence-electron chi connectivity index (χ1n) is 9.61. The number of benzene rings is 2. The molecule has 0 atom stereocenters. The van der Waals surface area contributed by atoms with Crippen LogP contribution in [0.25, 0.3) is 9.81 Å². The van der Waals surface area contributed by atoms with Crippen molar-refractivity contribution >= 4 is 47.0 Å². The maximum atomic E-state index is 11.0. The van der Waals surface area contributed by atoms with Gasteiger partial charge in [-0.2, -0.15) is 0 Å². The van der Waals surface area contributed by atoms with E-state index in [0.717, 1.165) is 23.3 Å². The van der Waals surface area contributed by atoms with Crippen molar-refractivity contribution in [1.29, 1.82) is 0 Å². The number of rotatable bonds is 12. The number of esters is 2. The van der Waals surface area contributed by atoms with Gasteiger partial charge in [0.05, 0.1) is 0 Å². The highest BCUT2D eigenvalue weighted by Crippen LogP contribution is 2.33. The Kier molecular flexibility index (Phi) is 10.5. The van der Waals surface area contributed by atoms with E-state index in [1.807, 2.05) is 24.3 Å². The van der Waals surface area contributed by atoms with Gasteiger partial charge in [-0.3, -0.25) is 0 Å². The molecule has 0 bridgehead atoms. The second kappa shape index (κ2) is 13.3. The summed E-state index contributed by atoms with van der Waals surface area (Å²) in [6.45, 7) is 7.43. The van der Waals surface area contributed by atoms with Crippen molar-refractivity contribution in [2.24, 2.45) is 0 Å². The van der Waals surface area contributed by atoms with E-state index in [0.29, 0.717) is 21.3 Å². The van der Waals surface area contributed by atoms with Crippen molar-refractivity contribution < 1.29 is 28.5 Å². The molecule has 0 aromatic heterocycles. The van der Waals surface area contributed by atoms with Crippen molar-refractivity contribution in [3.8, 4) is 11.5 Å². The topological polar surface area (TPSA) is 71.1 Å². The summed E-state index contributed by atoms with van der Waals surface area (Å²) in [5, 5.41) is 0. The van der Waals surface area contributed by atoms with Gasteiger partial charge in [-0.25, -0.2) is 9.59 Å². The molecule has 0 saturated carbocycles. The predicted octanol–water partition coefficient (Wildman–Crippen LogP) is 4.59. The van der Waals surface area contributed by atoms with Crippen LogP contribution in [0.3, 0.4) is 0 Å². The van der Waals surface area contributed by atoms with Crippen molar-refractivity contribution in [3.63, 3.8) is 0 Å². The molecule has 0 N–H and O–H groups in total. The van der Waals surface area contributed by atoms with Crippen LogP contribution in [-0.2, 0) is 19.1 Å². The van der Waals surface area contributed by atoms with E-state index in [1.165, 1.54) is 0 Å². The highest BCUT2D eigenvalue weighted by molar-refractivity contribution is 7.96. The van der Waals surface area contributed by atoms with E-state index < -0.39 is 11.9 Å². The van der Waals surface area contributed by atoms with Crippen LogP contribution in [0.15, 0.2) is 73.8 Å². The van der Waals surface area contributed by atoms with Gasteiger partial charge in [0.1, 0.15) is 37.9 Å². The van der Waals surface area contributed by atoms with E-state index in [2.05, 4.69) is 38.4 Å². The second-order valence-corrected chi connectivity index (χ2v) is 7.08. The third kappa shape index (κ3) is 8.20. The van der Waals surface area contributed by atoms with Crippen molar-refractivity contribution in [2.75, 3.05) is 26.4 Å². The maximum absolute atomic E-state index is 11.0. The molecule has 0 unspecified atom stereocenters. The molecule has 0 amide bonds. The molecule has 0 aliphatic rings. The lowest BCUT2D eigenvalue weighted by Crippen LogP contribution is -2.10. The summed E-state index contributed by atoms with van der Waals surface area (Å²) in [7, 11) is 0. The smallest absolute Gasteiger partial charge is 0.330 e. The lowest BCUT2D eigenvalue weighted by atomic mass is 10.1. The number of hydrogen-bond donors (Lipinski definition) is 2. The summed E-state index contributed by atoms with van der Waals surface area (Å²) in [5.74, 6) is 0.323. The fourth-order valence-corrected chi connectivity index (χ4v) is 2.97. The molecule has 6 nitrogen and oxygen atoms in total. The summed E-state index contributed by atoms with van der Waals surface area (Å²) >= 11 is 9.22. The quantitative estimate of drug-likeness (QED) is 0.155. The Labute approximate surface area is 198 Å². The molecular formula is C24H24O6S2. The molecule has 0 radical (unpaired) electrons. The lowest BCUT2D eigenvalue weighted by molar-refractivity contribution is -0.139. The van der Waals surface area contributed by atoms with Crippen LogP contribution in [0.5, 0.6) is 11.5 Å². The van der Waals surface area contributed by atoms with E-state index in [4.69, 9.17) is 18.9 Å². The number of carbonyl (C=O) groups excluding carboxylic acids is 2. The zero-order valence-electron chi connectivity index (χ0n) is 17.4. The Balaban J connectivity index is 1.91. The molecule has 8 heteroatoms. The normalized spacial score (nSPS) is 11.1. The molecule has 168 valence electrons. The van der Waals surface area contributed by atoms with Gasteiger partial charge >= 0.3 is 11.9 Å². The highest BCUT2D eigenvalue weighted by Gasteiger charge is 2.07. The molecule has 2 aromatic carbocycles. The van der Waals surface area contributed by atoms with E-state index >= 15 is 0 Å². The van der Waals surface area contributed by atoms with Crippen LogP contribution in [-0.4, -0.2) is 38.4 Å². The number of carbonyl (C=O) groups is 2. The van der Waals surface area contributed by atoms with Crippen LogP contribution < -0.4 is 9.47 Å². The summed E-state index contributed by atoms with van der Waals surface area (Å²) < 4.78 is 20.8. The molecule has 0 aliphatic heterocycles. The van der Waals surface area contributed by atoms with Crippen LogP contribution in [0.4, 0.5) is 0 Å². The summed E-state index contributed by atoms with van der Waals surface area (Å²) in [4.78, 5) is 23.4. The Morgan fingerprint density at radius 2 is 1.00 bits per heavy atom. The molecule has 32 heavy (non-hydrogen) atoms. The Morgan fingerprint density at radius 1 is 0.656 bits per heavy atom. The van der Waals surface area contributed by atoms with Gasteiger partial charge in [0.15, 0.2) is 0 Å². The van der Waals surface area contributed by atoms with Gasteiger partial charge in [0.25, 0.3) is 0 Å². The van der Waals surface area contributed by atoms with Gasteiger partial charge < -0.3 is 18.9 Å². The van der Waals surface area contributed by atoms with E-state index in [1.54, 1.807) is 24.3 Å². The van der Waals surface area contributed by atoms with Crippen molar-refractivity contribution in [2.45, 2.75) is 0 Å². The first-order chi connectivity index (χ1) is 15.4. The van der Waals surface area contributed by atoms with Crippen LogP contribution in [0, 0.1) is 0 Å². The summed E-state index contributed by atoms with van der Waals surface area (Å²) in [6, 6.07) is 14.7. The van der Waals surface area contributed by atoms with Gasteiger partial charge in [0.2, 0.25) is 0 Å². The second-order valence-electron chi connectivity index (χ2n) is 6.19. The maximum Gasteiger partial charge on any atom is 0.330 e. The molecule has 0 fully saturated rings. The molecule has 0 aliphatic carbocycles. The van der Waals surface area contributed by atoms with Crippen LogP contribution >= 0.6 is 25.3 Å². The number of thiol groups is 2. The standard InChI is InChI=1S/C24H24O6S2/c1-3-21(25)29-15-13-27-19-9-5-17(6-10-19)23(31)24(32)18-7-11-20(12-8-18)28-14-16-30-22(26)4-2/h3-12,31-32H,1-2,13-16H2/b24-23-. The van der Waals surface area contributed by atoms with E-state index in [-0.39, 0.29) is 26.4 Å². The largest absolute Gasteiger partial charge is 0.490 e. The third-order valence-corrected chi connectivity index (χ3v) is 5.15. The Bertz CT molecular complexity index is 885. The van der Waals surface area contributed by atoms with E-state index in [9.17, 15) is 9.59 Å². The van der Waals surface area contributed by atoms with Crippen LogP contribution in [0.1, 0.15) is 11.1 Å². The number of hydrogen-bond acceptors (Lipinski definition) is 8. The average Bonchev–Trinajstić information content (AvgIpc) is 2.84. The predicted molar refractivity (Wildman–Crippen MR) is 131 cm³/mol. The monoisotopic (exact) mass is 472 g/mol. The molecule has 0 spiro atoms. The first-order valence-corrected chi connectivity index (χ1v) is 10.5. The molecule has 0 saturated heterocycles. The highest BCUT2D eigenvalue weighted by atomic mass is 32.1. The molecular weight excluding hydrogens is 448 g/mol. The van der Waals surface area contributed by atoms with Gasteiger partial charge in [-0.15, -0.1) is 25.3 Å². The van der Waals surface area contributed by atoms with Crippen molar-refractivity contribution in [3.05, 3.63) is 85.0 Å². The van der Waals surface area contributed by atoms with Crippen molar-refractivity contribution in [1.82, 2.24) is 0 Å². The van der Waals surface area contributed by atoms with Crippen LogP contribution in [0.2, 0.25) is 0 Å². The molecule has 0 heterocycles. The minimum Gasteiger partial charge on any atom is -0.490 e. The fraction of sp³-hybridized carbons (Fsp3) is 0.167. The molecule has 2 aromatic rings. The lowest BCUT2D eigenvalue weighted by Gasteiger charge is -2.11. The fourth-order valence-electron chi connectivity index (χ4n) is 2.41. The summed E-state index contributed by atoms with van der Waals surface area (Å²) in [6.07, 6.45) is 2.21. The third-order valence-electron chi connectivity index (χ3n) is 4.01. The zero-order valence-corrected chi connectivity index (χ0v) is 19.1. The minimum absolute atomic E-state index is 0.144. The van der Waals surface area contributed by atoms with Gasteiger partial charge in [0, 0.05) is 22.0 Å². The summed E-state index contributed by atoms with van der Waals surface area (Å²) in [5.41, 5.74) is 1.74. The number of ether oxygens (including phenoxy) is 4. The SMILES string of the molecule is C=CC(=O)OCCOc1ccc(/C(S)=C(/S)c2ccc(OCCOC(=O)C=C)cc2)cc1. The minimum atomic E-state index is -0.483. The Morgan fingerprint density at radius 3 is 1.31 bits per heavy atom.